The summed E-state index contributed by atoms with van der Waals surface area (Å²) in [6.07, 6.45) is 0. The van der Waals surface area contributed by atoms with Crippen molar-refractivity contribution in [1.82, 2.24) is 9.97 Å². The summed E-state index contributed by atoms with van der Waals surface area (Å²) in [5, 5.41) is 10.7. The number of rotatable bonds is 1. The summed E-state index contributed by atoms with van der Waals surface area (Å²) >= 11 is 3.11. The van der Waals surface area contributed by atoms with Crippen LogP contribution in [0.25, 0.3) is 10.9 Å². The van der Waals surface area contributed by atoms with E-state index in [0.29, 0.717) is 9.99 Å². The lowest BCUT2D eigenvalue weighted by Crippen LogP contribution is -2.11. The molecule has 2 aromatic rings. The number of fused-ring (bicyclic) bond motifs is 1. The van der Waals surface area contributed by atoms with E-state index in [0.717, 1.165) is 6.07 Å². The Morgan fingerprint density at radius 2 is 2.19 bits per heavy atom. The fourth-order valence-electron chi connectivity index (χ4n) is 1.31. The van der Waals surface area contributed by atoms with E-state index in [1.54, 1.807) is 0 Å². The van der Waals surface area contributed by atoms with Crippen molar-refractivity contribution in [3.8, 4) is 0 Å². The third-order valence-electron chi connectivity index (χ3n) is 1.98. The molecule has 1 aromatic heterocycles. The highest BCUT2D eigenvalue weighted by atomic mass is 79.9. The van der Waals surface area contributed by atoms with Gasteiger partial charge in [-0.15, -0.1) is 0 Å². The molecule has 3 N–H and O–H groups in total. The van der Waals surface area contributed by atoms with E-state index in [-0.39, 0.29) is 17.0 Å². The quantitative estimate of drug-likeness (QED) is 0.603. The summed E-state index contributed by atoms with van der Waals surface area (Å²) in [5.74, 6) is -0.0351. The van der Waals surface area contributed by atoms with Crippen LogP contribution < -0.4 is 11.3 Å². The molecule has 1 aromatic carbocycles. The first kappa shape index (κ1) is 10.6. The van der Waals surface area contributed by atoms with Gasteiger partial charge in [-0.1, -0.05) is 0 Å². The van der Waals surface area contributed by atoms with Crippen LogP contribution >= 0.6 is 15.9 Å². The molecule has 0 bridgehead atoms. The van der Waals surface area contributed by atoms with Gasteiger partial charge in [0.25, 0.3) is 11.2 Å². The van der Waals surface area contributed by atoms with E-state index in [4.69, 9.17) is 5.73 Å². The molecule has 0 saturated carbocycles. The van der Waals surface area contributed by atoms with Crippen molar-refractivity contribution in [2.75, 3.05) is 5.73 Å². The number of benzene rings is 1. The number of nitrogens with one attached hydrogen (secondary N) is 1. The summed E-state index contributed by atoms with van der Waals surface area (Å²) in [4.78, 5) is 27.7. The van der Waals surface area contributed by atoms with Crippen LogP contribution in [0, 0.1) is 10.1 Å². The number of non-ortho nitro benzene ring substituents is 1. The van der Waals surface area contributed by atoms with Gasteiger partial charge in [0.1, 0.15) is 0 Å². The molecule has 0 aliphatic carbocycles. The third-order valence-corrected chi connectivity index (χ3v) is 2.58. The molecule has 8 heteroatoms. The average Bonchev–Trinajstić information content (AvgIpc) is 2.19. The van der Waals surface area contributed by atoms with Crippen molar-refractivity contribution in [2.24, 2.45) is 0 Å². The Hall–Kier alpha value is -1.96. The number of hydrogen-bond acceptors (Lipinski definition) is 5. The summed E-state index contributed by atoms with van der Waals surface area (Å²) in [5.41, 5.74) is 4.98. The van der Waals surface area contributed by atoms with E-state index in [1.807, 2.05) is 0 Å². The molecule has 0 atom stereocenters. The number of halogens is 1. The molecule has 0 fully saturated rings. The van der Waals surface area contributed by atoms with Crippen LogP contribution in [-0.2, 0) is 0 Å². The fourth-order valence-corrected chi connectivity index (χ4v) is 1.85. The van der Waals surface area contributed by atoms with Gasteiger partial charge in [-0.2, -0.15) is 0 Å². The molecule has 0 amide bonds. The second kappa shape index (κ2) is 3.56. The highest BCUT2D eigenvalue weighted by Crippen LogP contribution is 2.26. The number of nitro groups is 1. The highest BCUT2D eigenvalue weighted by Gasteiger charge is 2.13. The van der Waals surface area contributed by atoms with Gasteiger partial charge in [-0.05, 0) is 15.9 Å². The number of hydrogen-bond donors (Lipinski definition) is 2. The van der Waals surface area contributed by atoms with Crippen LogP contribution in [0.1, 0.15) is 0 Å². The van der Waals surface area contributed by atoms with Gasteiger partial charge in [-0.25, -0.2) is 4.98 Å². The number of nitrogen functional groups attached to an aromatic ring is 1. The molecule has 2 rings (SSSR count). The van der Waals surface area contributed by atoms with Gasteiger partial charge in [0.15, 0.2) is 0 Å². The lowest BCUT2D eigenvalue weighted by Gasteiger charge is -2.00. The highest BCUT2D eigenvalue weighted by molar-refractivity contribution is 9.10. The molecular weight excluding hydrogens is 280 g/mol. The standard InChI is InChI=1S/C8H5BrN4O3/c9-5-2-3(13(15)16)1-4-6(5)11-8(10)12-7(4)14/h1-2H,(H3,10,11,12,14). The number of aromatic amines is 1. The van der Waals surface area contributed by atoms with Crippen molar-refractivity contribution in [3.63, 3.8) is 0 Å². The van der Waals surface area contributed by atoms with Crippen LogP contribution in [0.2, 0.25) is 0 Å². The molecule has 1 heterocycles. The predicted octanol–water partition coefficient (Wildman–Crippen LogP) is 1.18. The first-order valence-corrected chi connectivity index (χ1v) is 4.92. The van der Waals surface area contributed by atoms with Crippen LogP contribution in [0.4, 0.5) is 11.6 Å². The molecule has 82 valence electrons. The fraction of sp³-hybridized carbons (Fsp3) is 0. The SMILES string of the molecule is Nc1nc2c(Br)cc([N+](=O)[O-])cc2c(=O)[nH]1. The van der Waals surface area contributed by atoms with Crippen LogP contribution in [0.5, 0.6) is 0 Å². The lowest BCUT2D eigenvalue weighted by molar-refractivity contribution is -0.384. The van der Waals surface area contributed by atoms with Crippen LogP contribution in [0.3, 0.4) is 0 Å². The minimum absolute atomic E-state index is 0.0351. The number of nitrogens with zero attached hydrogens (tertiary/aromatic N) is 2. The Balaban J connectivity index is 2.93. The maximum Gasteiger partial charge on any atom is 0.271 e. The average molecular weight is 285 g/mol. The van der Waals surface area contributed by atoms with E-state index < -0.39 is 10.5 Å². The Morgan fingerprint density at radius 1 is 1.50 bits per heavy atom. The molecular formula is C8H5BrN4O3. The molecule has 0 spiro atoms. The molecule has 0 radical (unpaired) electrons. The number of H-pyrrole nitrogens is 1. The molecule has 16 heavy (non-hydrogen) atoms. The van der Waals surface area contributed by atoms with Gasteiger partial charge >= 0.3 is 0 Å². The van der Waals surface area contributed by atoms with Crippen molar-refractivity contribution in [2.45, 2.75) is 0 Å². The van der Waals surface area contributed by atoms with Crippen molar-refractivity contribution < 1.29 is 4.92 Å². The van der Waals surface area contributed by atoms with Crippen molar-refractivity contribution in [3.05, 3.63) is 37.1 Å². The van der Waals surface area contributed by atoms with Crippen LogP contribution in [-0.4, -0.2) is 14.9 Å². The Bertz CT molecular complexity index is 652. The van der Waals surface area contributed by atoms with Crippen LogP contribution in [0.15, 0.2) is 21.4 Å². The van der Waals surface area contributed by atoms with Crippen molar-refractivity contribution >= 4 is 38.5 Å². The van der Waals surface area contributed by atoms with Gasteiger partial charge < -0.3 is 5.73 Å². The zero-order valence-electron chi connectivity index (χ0n) is 7.73. The van der Waals surface area contributed by atoms with E-state index >= 15 is 0 Å². The minimum atomic E-state index is -0.583. The first-order chi connectivity index (χ1) is 7.49. The molecule has 0 aliphatic heterocycles. The monoisotopic (exact) mass is 284 g/mol. The summed E-state index contributed by atoms with van der Waals surface area (Å²) in [7, 11) is 0. The summed E-state index contributed by atoms with van der Waals surface area (Å²) in [6.45, 7) is 0. The first-order valence-electron chi connectivity index (χ1n) is 4.12. The molecule has 0 saturated heterocycles. The minimum Gasteiger partial charge on any atom is -0.369 e. The van der Waals surface area contributed by atoms with Gasteiger partial charge in [0, 0.05) is 12.1 Å². The molecule has 0 aliphatic rings. The second-order valence-corrected chi connectivity index (χ2v) is 3.89. The normalized spacial score (nSPS) is 10.6. The maximum absolute atomic E-state index is 11.5. The lowest BCUT2D eigenvalue weighted by atomic mass is 10.2. The van der Waals surface area contributed by atoms with E-state index in [1.165, 1.54) is 6.07 Å². The van der Waals surface area contributed by atoms with E-state index in [9.17, 15) is 14.9 Å². The zero-order chi connectivity index (χ0) is 11.9. The predicted molar refractivity (Wildman–Crippen MR) is 61.1 cm³/mol. The largest absolute Gasteiger partial charge is 0.369 e. The van der Waals surface area contributed by atoms with Gasteiger partial charge in [-0.3, -0.25) is 19.9 Å². The Morgan fingerprint density at radius 3 is 2.81 bits per heavy atom. The number of anilines is 1. The number of nitro benzene ring substituents is 1. The maximum atomic E-state index is 11.5. The molecule has 0 unspecified atom stereocenters. The topological polar surface area (TPSA) is 115 Å². The zero-order valence-corrected chi connectivity index (χ0v) is 9.32. The number of nitrogens with two attached hydrogens (primary N) is 1. The second-order valence-electron chi connectivity index (χ2n) is 3.03. The third kappa shape index (κ3) is 1.63. The number of aromatic nitrogens is 2. The molecule has 7 nitrogen and oxygen atoms in total. The summed E-state index contributed by atoms with van der Waals surface area (Å²) in [6, 6.07) is 2.43. The Labute approximate surface area is 96.6 Å². The van der Waals surface area contributed by atoms with Gasteiger partial charge in [0.05, 0.1) is 20.3 Å². The van der Waals surface area contributed by atoms with Crippen molar-refractivity contribution in [1.29, 1.82) is 0 Å². The smallest absolute Gasteiger partial charge is 0.271 e. The Kier molecular flexibility index (Phi) is 2.35. The van der Waals surface area contributed by atoms with E-state index in [2.05, 4.69) is 25.9 Å². The summed E-state index contributed by atoms with van der Waals surface area (Å²) < 4.78 is 0.356. The van der Waals surface area contributed by atoms with Gasteiger partial charge in [0.2, 0.25) is 5.95 Å².